The highest BCUT2D eigenvalue weighted by molar-refractivity contribution is 7.13. The number of hydrogen-bond acceptors (Lipinski definition) is 3. The van der Waals surface area contributed by atoms with Crippen molar-refractivity contribution in [1.82, 2.24) is 0 Å². The standard InChI is InChI=1S/C11H16N2S/c1-5-7-9(13)8(6-12)14-10(7)11(2,3)4/h5,13H2,1-4H3. The smallest absolute Gasteiger partial charge is 0.128 e. The highest BCUT2D eigenvalue weighted by atomic mass is 32.1. The number of nitriles is 1. The van der Waals surface area contributed by atoms with Crippen molar-refractivity contribution in [2.45, 2.75) is 39.5 Å². The van der Waals surface area contributed by atoms with Gasteiger partial charge in [-0.25, -0.2) is 0 Å². The molecule has 0 amide bonds. The van der Waals surface area contributed by atoms with Gasteiger partial charge in [-0.15, -0.1) is 11.3 Å². The summed E-state index contributed by atoms with van der Waals surface area (Å²) >= 11 is 1.53. The molecular formula is C11H16N2S. The number of nitrogens with zero attached hydrogens (tertiary/aromatic N) is 1. The van der Waals surface area contributed by atoms with Crippen LogP contribution in [0, 0.1) is 11.3 Å². The Morgan fingerprint density at radius 2 is 2.00 bits per heavy atom. The summed E-state index contributed by atoms with van der Waals surface area (Å²) in [6.07, 6.45) is 0.899. The average molecular weight is 208 g/mol. The van der Waals surface area contributed by atoms with Crippen LogP contribution in [-0.4, -0.2) is 0 Å². The van der Waals surface area contributed by atoms with Crippen LogP contribution in [0.25, 0.3) is 0 Å². The Morgan fingerprint density at radius 1 is 1.43 bits per heavy atom. The van der Waals surface area contributed by atoms with Crippen molar-refractivity contribution in [3.8, 4) is 6.07 Å². The third kappa shape index (κ3) is 1.76. The largest absolute Gasteiger partial charge is 0.397 e. The Labute approximate surface area is 89.4 Å². The average Bonchev–Trinajstić information content (AvgIpc) is 2.41. The summed E-state index contributed by atoms with van der Waals surface area (Å²) in [5.74, 6) is 0. The fourth-order valence-electron chi connectivity index (χ4n) is 1.52. The van der Waals surface area contributed by atoms with Crippen LogP contribution in [0.1, 0.15) is 43.0 Å². The highest BCUT2D eigenvalue weighted by Crippen LogP contribution is 2.38. The van der Waals surface area contributed by atoms with E-state index < -0.39 is 0 Å². The van der Waals surface area contributed by atoms with Gasteiger partial charge in [0.2, 0.25) is 0 Å². The van der Waals surface area contributed by atoms with Crippen LogP contribution >= 0.6 is 11.3 Å². The maximum atomic E-state index is 8.90. The van der Waals surface area contributed by atoms with Crippen LogP contribution in [0.4, 0.5) is 5.69 Å². The molecule has 0 saturated heterocycles. The van der Waals surface area contributed by atoms with Gasteiger partial charge in [0, 0.05) is 4.88 Å². The first-order valence-electron chi connectivity index (χ1n) is 4.73. The van der Waals surface area contributed by atoms with Crippen molar-refractivity contribution in [2.24, 2.45) is 0 Å². The van der Waals surface area contributed by atoms with Crippen LogP contribution < -0.4 is 5.73 Å². The van der Waals surface area contributed by atoms with E-state index in [2.05, 4.69) is 33.8 Å². The van der Waals surface area contributed by atoms with E-state index >= 15 is 0 Å². The summed E-state index contributed by atoms with van der Waals surface area (Å²) in [6.45, 7) is 8.53. The quantitative estimate of drug-likeness (QED) is 0.771. The van der Waals surface area contributed by atoms with Crippen molar-refractivity contribution >= 4 is 17.0 Å². The van der Waals surface area contributed by atoms with Crippen LogP contribution in [0.15, 0.2) is 0 Å². The van der Waals surface area contributed by atoms with Gasteiger partial charge in [-0.05, 0) is 17.4 Å². The summed E-state index contributed by atoms with van der Waals surface area (Å²) in [5, 5.41) is 8.90. The molecule has 0 spiro atoms. The molecular weight excluding hydrogens is 192 g/mol. The van der Waals surface area contributed by atoms with Gasteiger partial charge in [0.1, 0.15) is 10.9 Å². The Balaban J connectivity index is 3.39. The van der Waals surface area contributed by atoms with E-state index in [0.717, 1.165) is 12.0 Å². The Hall–Kier alpha value is -1.01. The Kier molecular flexibility index (Phi) is 2.86. The van der Waals surface area contributed by atoms with E-state index in [1.807, 2.05) is 0 Å². The normalized spacial score (nSPS) is 11.4. The van der Waals surface area contributed by atoms with E-state index in [1.165, 1.54) is 16.2 Å². The molecule has 1 rings (SSSR count). The number of thiophene rings is 1. The lowest BCUT2D eigenvalue weighted by Gasteiger charge is -2.18. The number of anilines is 1. The topological polar surface area (TPSA) is 49.8 Å². The minimum atomic E-state index is 0.0826. The predicted octanol–water partition coefficient (Wildman–Crippen LogP) is 3.06. The molecule has 0 saturated carbocycles. The van der Waals surface area contributed by atoms with Gasteiger partial charge in [0.15, 0.2) is 0 Å². The molecule has 0 aliphatic heterocycles. The minimum Gasteiger partial charge on any atom is -0.397 e. The summed E-state index contributed by atoms with van der Waals surface area (Å²) in [4.78, 5) is 1.90. The molecule has 0 aliphatic carbocycles. The first-order chi connectivity index (χ1) is 6.41. The van der Waals surface area contributed by atoms with E-state index in [9.17, 15) is 0 Å². The van der Waals surface area contributed by atoms with Crippen LogP contribution in [0.5, 0.6) is 0 Å². The van der Waals surface area contributed by atoms with E-state index in [1.54, 1.807) is 0 Å². The molecule has 0 fully saturated rings. The van der Waals surface area contributed by atoms with Crippen molar-refractivity contribution in [3.05, 3.63) is 15.3 Å². The summed E-state index contributed by atoms with van der Waals surface area (Å²) in [5.41, 5.74) is 7.83. The molecule has 0 aliphatic rings. The molecule has 0 bridgehead atoms. The minimum absolute atomic E-state index is 0.0826. The van der Waals surface area contributed by atoms with Gasteiger partial charge in [-0.2, -0.15) is 5.26 Å². The molecule has 1 aromatic heterocycles. The molecule has 14 heavy (non-hydrogen) atoms. The maximum Gasteiger partial charge on any atom is 0.128 e. The van der Waals surface area contributed by atoms with Crippen LogP contribution in [0.2, 0.25) is 0 Å². The van der Waals surface area contributed by atoms with Crippen LogP contribution in [-0.2, 0) is 11.8 Å². The predicted molar refractivity (Wildman–Crippen MR) is 61.5 cm³/mol. The third-order valence-electron chi connectivity index (χ3n) is 2.18. The molecule has 0 aromatic carbocycles. The third-order valence-corrected chi connectivity index (χ3v) is 3.76. The van der Waals surface area contributed by atoms with E-state index in [4.69, 9.17) is 11.0 Å². The van der Waals surface area contributed by atoms with Crippen molar-refractivity contribution in [2.75, 3.05) is 5.73 Å². The molecule has 76 valence electrons. The van der Waals surface area contributed by atoms with Crippen molar-refractivity contribution in [3.63, 3.8) is 0 Å². The van der Waals surface area contributed by atoms with Gasteiger partial charge in [-0.3, -0.25) is 0 Å². The molecule has 0 atom stereocenters. The first-order valence-corrected chi connectivity index (χ1v) is 5.55. The second-order valence-corrected chi connectivity index (χ2v) is 5.39. The number of nitrogens with two attached hydrogens (primary N) is 1. The number of nitrogen functional groups attached to an aromatic ring is 1. The zero-order valence-electron chi connectivity index (χ0n) is 9.14. The second-order valence-electron chi connectivity index (χ2n) is 4.37. The van der Waals surface area contributed by atoms with Gasteiger partial charge < -0.3 is 5.73 Å². The molecule has 1 heterocycles. The van der Waals surface area contributed by atoms with Crippen molar-refractivity contribution < 1.29 is 0 Å². The maximum absolute atomic E-state index is 8.90. The Bertz CT molecular complexity index is 377. The molecule has 1 aromatic rings. The Morgan fingerprint density at radius 3 is 2.29 bits per heavy atom. The van der Waals surface area contributed by atoms with Crippen LogP contribution in [0.3, 0.4) is 0 Å². The molecule has 3 heteroatoms. The number of hydrogen-bond donors (Lipinski definition) is 1. The molecule has 0 unspecified atom stereocenters. The van der Waals surface area contributed by atoms with E-state index in [0.29, 0.717) is 10.6 Å². The fraction of sp³-hybridized carbons (Fsp3) is 0.545. The van der Waals surface area contributed by atoms with Gasteiger partial charge >= 0.3 is 0 Å². The highest BCUT2D eigenvalue weighted by Gasteiger charge is 2.23. The molecule has 2 nitrogen and oxygen atoms in total. The lowest BCUT2D eigenvalue weighted by molar-refractivity contribution is 0.598. The zero-order chi connectivity index (χ0) is 10.9. The molecule has 2 N–H and O–H groups in total. The first kappa shape index (κ1) is 11.1. The van der Waals surface area contributed by atoms with Crippen molar-refractivity contribution in [1.29, 1.82) is 5.26 Å². The molecule has 0 radical (unpaired) electrons. The van der Waals surface area contributed by atoms with Gasteiger partial charge in [-0.1, -0.05) is 27.7 Å². The monoisotopic (exact) mass is 208 g/mol. The summed E-state index contributed by atoms with van der Waals surface area (Å²) in [6, 6.07) is 2.16. The van der Waals surface area contributed by atoms with E-state index in [-0.39, 0.29) is 5.41 Å². The lowest BCUT2D eigenvalue weighted by Crippen LogP contribution is -2.11. The fourth-order valence-corrected chi connectivity index (χ4v) is 2.68. The SMILES string of the molecule is CCc1c(C(C)(C)C)sc(C#N)c1N. The zero-order valence-corrected chi connectivity index (χ0v) is 9.96. The van der Waals surface area contributed by atoms with Gasteiger partial charge in [0.25, 0.3) is 0 Å². The number of rotatable bonds is 1. The summed E-state index contributed by atoms with van der Waals surface area (Å²) in [7, 11) is 0. The van der Waals surface area contributed by atoms with Gasteiger partial charge in [0.05, 0.1) is 5.69 Å². The summed E-state index contributed by atoms with van der Waals surface area (Å²) < 4.78 is 0. The lowest BCUT2D eigenvalue weighted by atomic mass is 9.90. The second kappa shape index (κ2) is 3.62.